The molecule has 0 fully saturated rings. The second kappa shape index (κ2) is 6.03. The SMILES string of the molecule is COCC1=CCN(c2ccc([C@@H](C)O)cc2)CC1. The van der Waals surface area contributed by atoms with Gasteiger partial charge in [-0.3, -0.25) is 0 Å². The minimum atomic E-state index is -0.395. The highest BCUT2D eigenvalue weighted by molar-refractivity contribution is 5.49. The largest absolute Gasteiger partial charge is 0.389 e. The van der Waals surface area contributed by atoms with E-state index in [1.807, 2.05) is 12.1 Å². The fourth-order valence-electron chi connectivity index (χ4n) is 2.23. The van der Waals surface area contributed by atoms with Crippen LogP contribution in [-0.2, 0) is 4.74 Å². The zero-order valence-corrected chi connectivity index (χ0v) is 11.1. The van der Waals surface area contributed by atoms with E-state index in [1.165, 1.54) is 11.3 Å². The summed E-state index contributed by atoms with van der Waals surface area (Å²) in [6, 6.07) is 8.15. The second-order valence-corrected chi connectivity index (χ2v) is 4.76. The van der Waals surface area contributed by atoms with Crippen molar-refractivity contribution in [2.24, 2.45) is 0 Å². The van der Waals surface area contributed by atoms with E-state index in [2.05, 4.69) is 23.1 Å². The van der Waals surface area contributed by atoms with E-state index in [1.54, 1.807) is 14.0 Å². The molecule has 3 nitrogen and oxygen atoms in total. The molecule has 2 rings (SSSR count). The molecule has 1 aromatic rings. The van der Waals surface area contributed by atoms with Gasteiger partial charge < -0.3 is 14.7 Å². The lowest BCUT2D eigenvalue weighted by molar-refractivity contribution is 0.199. The lowest BCUT2D eigenvalue weighted by Crippen LogP contribution is -2.29. The molecule has 0 spiro atoms. The van der Waals surface area contributed by atoms with Crippen LogP contribution in [-0.4, -0.2) is 31.9 Å². The molecule has 1 aliphatic rings. The summed E-state index contributed by atoms with van der Waals surface area (Å²) in [5.41, 5.74) is 3.56. The van der Waals surface area contributed by atoms with Crippen LogP contribution >= 0.6 is 0 Å². The summed E-state index contributed by atoms with van der Waals surface area (Å²) in [6.07, 6.45) is 2.91. The molecule has 0 aliphatic carbocycles. The topological polar surface area (TPSA) is 32.7 Å². The monoisotopic (exact) mass is 247 g/mol. The van der Waals surface area contributed by atoms with E-state index < -0.39 is 6.10 Å². The lowest BCUT2D eigenvalue weighted by atomic mass is 10.1. The van der Waals surface area contributed by atoms with Gasteiger partial charge >= 0.3 is 0 Å². The van der Waals surface area contributed by atoms with Gasteiger partial charge in [0, 0.05) is 25.9 Å². The highest BCUT2D eigenvalue weighted by atomic mass is 16.5. The van der Waals surface area contributed by atoms with E-state index >= 15 is 0 Å². The van der Waals surface area contributed by atoms with Gasteiger partial charge in [-0.2, -0.15) is 0 Å². The van der Waals surface area contributed by atoms with Crippen LogP contribution in [0, 0.1) is 0 Å². The van der Waals surface area contributed by atoms with Gasteiger partial charge in [0.15, 0.2) is 0 Å². The zero-order chi connectivity index (χ0) is 13.0. The number of benzene rings is 1. The van der Waals surface area contributed by atoms with Crippen molar-refractivity contribution in [1.82, 2.24) is 0 Å². The summed E-state index contributed by atoms with van der Waals surface area (Å²) in [4.78, 5) is 2.34. The van der Waals surface area contributed by atoms with Crippen LogP contribution in [0.25, 0.3) is 0 Å². The second-order valence-electron chi connectivity index (χ2n) is 4.76. The Balaban J connectivity index is 2.01. The number of aliphatic hydroxyl groups excluding tert-OH is 1. The van der Waals surface area contributed by atoms with Crippen molar-refractivity contribution in [2.75, 3.05) is 31.7 Å². The van der Waals surface area contributed by atoms with Crippen molar-refractivity contribution in [3.05, 3.63) is 41.5 Å². The van der Waals surface area contributed by atoms with Gasteiger partial charge in [0.1, 0.15) is 0 Å². The fourth-order valence-corrected chi connectivity index (χ4v) is 2.23. The molecule has 1 atom stereocenters. The van der Waals surface area contributed by atoms with Crippen molar-refractivity contribution < 1.29 is 9.84 Å². The number of anilines is 1. The first-order valence-corrected chi connectivity index (χ1v) is 6.40. The summed E-state index contributed by atoms with van der Waals surface area (Å²) >= 11 is 0. The molecule has 98 valence electrons. The van der Waals surface area contributed by atoms with E-state index in [4.69, 9.17) is 4.74 Å². The third-order valence-electron chi connectivity index (χ3n) is 3.37. The number of rotatable bonds is 4. The molecule has 0 aromatic heterocycles. The Morgan fingerprint density at radius 2 is 2.06 bits per heavy atom. The lowest BCUT2D eigenvalue weighted by Gasteiger charge is -2.28. The highest BCUT2D eigenvalue weighted by Crippen LogP contribution is 2.22. The standard InChI is InChI=1S/C15H21NO2/c1-12(17)14-3-5-15(6-4-14)16-9-7-13(8-10-16)11-18-2/h3-7,12,17H,8-11H2,1-2H3/t12-/m1/s1. The van der Waals surface area contributed by atoms with Crippen molar-refractivity contribution in [3.8, 4) is 0 Å². The summed E-state index contributed by atoms with van der Waals surface area (Å²) in [5.74, 6) is 0. The highest BCUT2D eigenvalue weighted by Gasteiger charge is 2.12. The number of hydrogen-bond donors (Lipinski definition) is 1. The van der Waals surface area contributed by atoms with Crippen molar-refractivity contribution >= 4 is 5.69 Å². The number of aliphatic hydroxyl groups is 1. The van der Waals surface area contributed by atoms with Crippen molar-refractivity contribution in [1.29, 1.82) is 0 Å². The molecule has 1 aliphatic heterocycles. The smallest absolute Gasteiger partial charge is 0.0761 e. The Hall–Kier alpha value is -1.32. The molecule has 1 aromatic carbocycles. The predicted octanol–water partition coefficient (Wildman–Crippen LogP) is 2.52. The normalized spacial score (nSPS) is 17.5. The molecule has 0 bridgehead atoms. The van der Waals surface area contributed by atoms with Crippen LogP contribution < -0.4 is 4.90 Å². The molecule has 18 heavy (non-hydrogen) atoms. The van der Waals surface area contributed by atoms with Gasteiger partial charge in [0.25, 0.3) is 0 Å². The van der Waals surface area contributed by atoms with E-state index in [9.17, 15) is 5.11 Å². The maximum absolute atomic E-state index is 9.48. The molecular weight excluding hydrogens is 226 g/mol. The van der Waals surface area contributed by atoms with Crippen LogP contribution in [0.1, 0.15) is 25.0 Å². The number of hydrogen-bond acceptors (Lipinski definition) is 3. The zero-order valence-electron chi connectivity index (χ0n) is 11.1. The van der Waals surface area contributed by atoms with E-state index in [-0.39, 0.29) is 0 Å². The number of methoxy groups -OCH3 is 1. The minimum Gasteiger partial charge on any atom is -0.389 e. The third kappa shape index (κ3) is 3.12. The molecule has 0 saturated heterocycles. The Morgan fingerprint density at radius 3 is 2.56 bits per heavy atom. The predicted molar refractivity (Wildman–Crippen MR) is 73.9 cm³/mol. The van der Waals surface area contributed by atoms with Gasteiger partial charge in [-0.05, 0) is 36.6 Å². The first-order valence-electron chi connectivity index (χ1n) is 6.40. The van der Waals surface area contributed by atoms with Gasteiger partial charge in [-0.15, -0.1) is 0 Å². The van der Waals surface area contributed by atoms with Gasteiger partial charge in [-0.25, -0.2) is 0 Å². The Morgan fingerprint density at radius 1 is 1.33 bits per heavy atom. The molecule has 0 unspecified atom stereocenters. The Kier molecular flexibility index (Phi) is 4.39. The van der Waals surface area contributed by atoms with Crippen LogP contribution in [0.15, 0.2) is 35.9 Å². The molecule has 3 heteroatoms. The van der Waals surface area contributed by atoms with Crippen LogP contribution in [0.3, 0.4) is 0 Å². The Labute approximate surface area is 109 Å². The molecule has 0 radical (unpaired) electrons. The van der Waals surface area contributed by atoms with Crippen molar-refractivity contribution in [3.63, 3.8) is 0 Å². The summed E-state index contributed by atoms with van der Waals surface area (Å²) < 4.78 is 5.15. The van der Waals surface area contributed by atoms with Crippen LogP contribution in [0.2, 0.25) is 0 Å². The summed E-state index contributed by atoms with van der Waals surface area (Å²) in [5, 5.41) is 9.48. The minimum absolute atomic E-state index is 0.395. The van der Waals surface area contributed by atoms with Gasteiger partial charge in [0.2, 0.25) is 0 Å². The van der Waals surface area contributed by atoms with Crippen LogP contribution in [0.5, 0.6) is 0 Å². The van der Waals surface area contributed by atoms with Gasteiger partial charge in [-0.1, -0.05) is 18.2 Å². The average Bonchev–Trinajstić information content (AvgIpc) is 2.40. The average molecular weight is 247 g/mol. The van der Waals surface area contributed by atoms with E-state index in [0.29, 0.717) is 0 Å². The van der Waals surface area contributed by atoms with Gasteiger partial charge in [0.05, 0.1) is 12.7 Å². The van der Waals surface area contributed by atoms with Crippen LogP contribution in [0.4, 0.5) is 5.69 Å². The van der Waals surface area contributed by atoms with Crippen molar-refractivity contribution in [2.45, 2.75) is 19.4 Å². The maximum Gasteiger partial charge on any atom is 0.0761 e. The fraction of sp³-hybridized carbons (Fsp3) is 0.467. The molecular formula is C15H21NO2. The summed E-state index contributed by atoms with van der Waals surface area (Å²) in [6.45, 7) is 4.50. The summed E-state index contributed by atoms with van der Waals surface area (Å²) in [7, 11) is 1.74. The molecule has 1 heterocycles. The molecule has 0 amide bonds. The van der Waals surface area contributed by atoms with E-state index in [0.717, 1.165) is 31.7 Å². The Bertz CT molecular complexity index is 409. The number of ether oxygens (including phenoxy) is 1. The molecule has 0 saturated carbocycles. The third-order valence-corrected chi connectivity index (χ3v) is 3.37. The first kappa shape index (κ1) is 13.1. The first-order chi connectivity index (χ1) is 8.70. The molecule has 1 N–H and O–H groups in total. The number of nitrogens with zero attached hydrogens (tertiary/aromatic N) is 1. The quantitative estimate of drug-likeness (QED) is 0.830. The maximum atomic E-state index is 9.48.